The number of hydrogen-bond donors (Lipinski definition) is 4. The van der Waals surface area contributed by atoms with Crippen LogP contribution in [0.3, 0.4) is 0 Å². The summed E-state index contributed by atoms with van der Waals surface area (Å²) in [4.78, 5) is 170. The zero-order chi connectivity index (χ0) is 58.2. The van der Waals surface area contributed by atoms with Crippen molar-refractivity contribution in [3.63, 3.8) is 0 Å². The third-order valence-electron chi connectivity index (χ3n) is 19.8. The Labute approximate surface area is 483 Å². The van der Waals surface area contributed by atoms with E-state index in [0.29, 0.717) is 154 Å². The number of benzene rings is 1. The highest BCUT2D eigenvalue weighted by molar-refractivity contribution is 6.00. The molecule has 1 aromatic rings. The van der Waals surface area contributed by atoms with Gasteiger partial charge >= 0.3 is 5.97 Å². The van der Waals surface area contributed by atoms with Crippen LogP contribution in [-0.2, 0) is 59.2 Å². The van der Waals surface area contributed by atoms with E-state index in [4.69, 9.17) is 0 Å². The molecule has 10 fully saturated rings. The van der Waals surface area contributed by atoms with E-state index >= 15 is 0 Å². The Morgan fingerprint density at radius 1 is 0.386 bits per heavy atom. The number of phenolic OH excluding ortho intramolecular Hbond substituents is 1. The normalized spacial score (nSPS) is 30.3. The van der Waals surface area contributed by atoms with Gasteiger partial charge in [0.2, 0.25) is 59.1 Å². The van der Waals surface area contributed by atoms with Crippen molar-refractivity contribution in [2.45, 2.75) is 201 Å². The fraction of sp³-hybridized carbons (Fsp3) is 0.712. The number of likely N-dealkylation sites (tertiary alicyclic amines) is 9. The molecule has 11 rings (SSSR count). The van der Waals surface area contributed by atoms with Crippen LogP contribution >= 0.6 is 0 Å². The molecule has 0 radical (unpaired) electrons. The largest absolute Gasteiger partial charge is 0.508 e. The minimum atomic E-state index is -1.29. The van der Waals surface area contributed by atoms with Crippen molar-refractivity contribution < 1.29 is 63.0 Å². The van der Waals surface area contributed by atoms with Gasteiger partial charge in [-0.2, -0.15) is 0 Å². The molecule has 10 aliphatic rings. The first kappa shape index (κ1) is 57.9. The molecule has 0 bridgehead atoms. The second kappa shape index (κ2) is 24.8. The summed E-state index contributed by atoms with van der Waals surface area (Å²) < 4.78 is 0. The molecule has 11 atom stereocenters. The quantitative estimate of drug-likeness (QED) is 0.194. The fourth-order valence-corrected chi connectivity index (χ4v) is 15.6. The number of nitrogens with one attached hydrogen (secondary N) is 2. The molecule has 10 heterocycles. The number of aromatic hydroxyl groups is 1. The highest BCUT2D eigenvalue weighted by Gasteiger charge is 2.52. The number of carbonyl (C=O) groups is 11. The summed E-state index contributed by atoms with van der Waals surface area (Å²) in [5.41, 5.74) is 0.588. The van der Waals surface area contributed by atoms with E-state index in [9.17, 15) is 63.0 Å². The van der Waals surface area contributed by atoms with Gasteiger partial charge in [0.25, 0.3) is 0 Å². The van der Waals surface area contributed by atoms with Crippen molar-refractivity contribution in [1.82, 2.24) is 54.7 Å². The van der Waals surface area contributed by atoms with Crippen LogP contribution in [0.4, 0.5) is 0 Å². The predicted molar refractivity (Wildman–Crippen MR) is 295 cm³/mol. The third-order valence-corrected chi connectivity index (χ3v) is 19.8. The smallest absolute Gasteiger partial charge is 0.326 e. The van der Waals surface area contributed by atoms with E-state index in [0.717, 1.165) is 19.4 Å². The second-order valence-corrected chi connectivity index (χ2v) is 24.6. The predicted octanol–water partition coefficient (Wildman–Crippen LogP) is 0.175. The summed E-state index contributed by atoms with van der Waals surface area (Å²) in [6.07, 6.45) is 10.3. The van der Waals surface area contributed by atoms with Crippen molar-refractivity contribution in [3.05, 3.63) is 29.8 Å². The van der Waals surface area contributed by atoms with E-state index in [1.165, 1.54) is 21.9 Å². The average Bonchev–Trinajstić information content (AvgIpc) is 4.43. The van der Waals surface area contributed by atoms with Gasteiger partial charge in [-0.1, -0.05) is 12.1 Å². The topological polar surface area (TPSA) is 281 Å². The van der Waals surface area contributed by atoms with Crippen molar-refractivity contribution in [1.29, 1.82) is 0 Å². The Balaban J connectivity index is 0.703. The number of amides is 10. The number of carboxylic acids is 1. The standard InChI is InChI=1S/C59H81N11O13/c71-37-23-21-36(22-24-37)35-39(59(82)83)61-49(72)40-12-2-26-62(40)51(74)42-14-4-28-64(42)53(76)44-16-6-30-66(44)55(78)46-18-8-32-68(46)57(80)48-20-10-34-70(48)58(81)47-19-9-33-69(47)56(79)45-17-7-31-67(45)54(77)43-15-5-29-65(43)52(75)41-13-3-27-63(41)50(73)38-11-1-25-60-38/h21-24,38-48,60,71H,1-20,25-35H2,(H,61,72)(H,82,83)/t38-,39-,40-,41-,42-,43-,44-,45-,46-,47-,48-/m0/s1. The van der Waals surface area contributed by atoms with Gasteiger partial charge in [0.1, 0.15) is 66.2 Å². The maximum absolute atomic E-state index is 14.8. The maximum atomic E-state index is 14.8. The number of carboxylic acid groups (broad SMARTS) is 1. The van der Waals surface area contributed by atoms with Crippen molar-refractivity contribution in [2.24, 2.45) is 0 Å². The lowest BCUT2D eigenvalue weighted by molar-refractivity contribution is -0.155. The lowest BCUT2D eigenvalue weighted by atomic mass is 10.0. The molecule has 0 aliphatic carbocycles. The van der Waals surface area contributed by atoms with Crippen molar-refractivity contribution in [3.8, 4) is 5.75 Å². The minimum Gasteiger partial charge on any atom is -0.508 e. The highest BCUT2D eigenvalue weighted by atomic mass is 16.4. The number of aliphatic carboxylic acids is 1. The highest BCUT2D eigenvalue weighted by Crippen LogP contribution is 2.35. The van der Waals surface area contributed by atoms with E-state index in [1.807, 2.05) is 0 Å². The molecular formula is C59H81N11O13. The van der Waals surface area contributed by atoms with Crippen LogP contribution in [0.25, 0.3) is 0 Å². The molecule has 1 aromatic carbocycles. The van der Waals surface area contributed by atoms with E-state index in [1.54, 1.807) is 46.4 Å². The van der Waals surface area contributed by atoms with Crippen molar-refractivity contribution >= 4 is 65.0 Å². The molecule has 0 spiro atoms. The van der Waals surface area contributed by atoms with Crippen LogP contribution in [-0.4, -0.2) is 251 Å². The summed E-state index contributed by atoms with van der Waals surface area (Å²) in [6, 6.07) is -3.02. The van der Waals surface area contributed by atoms with Crippen LogP contribution in [0, 0.1) is 0 Å². The van der Waals surface area contributed by atoms with E-state index < -0.39 is 78.2 Å². The maximum Gasteiger partial charge on any atom is 0.326 e. The van der Waals surface area contributed by atoms with Crippen LogP contribution in [0.15, 0.2) is 24.3 Å². The molecule has 24 heteroatoms. The molecule has 10 aliphatic heterocycles. The zero-order valence-corrected chi connectivity index (χ0v) is 47.5. The minimum absolute atomic E-state index is 0.0189. The van der Waals surface area contributed by atoms with Gasteiger partial charge in [-0.3, -0.25) is 47.9 Å². The van der Waals surface area contributed by atoms with Gasteiger partial charge in [-0.15, -0.1) is 0 Å². The van der Waals surface area contributed by atoms with Crippen LogP contribution < -0.4 is 10.6 Å². The zero-order valence-electron chi connectivity index (χ0n) is 47.5. The molecule has 0 unspecified atom stereocenters. The van der Waals surface area contributed by atoms with Gasteiger partial charge in [-0.25, -0.2) is 4.79 Å². The van der Waals surface area contributed by atoms with Gasteiger partial charge in [0.05, 0.1) is 6.04 Å². The Morgan fingerprint density at radius 3 is 0.916 bits per heavy atom. The molecule has 450 valence electrons. The SMILES string of the molecule is O=C(O)[C@H](Cc1ccc(O)cc1)NC(=O)[C@@H]1CCCN1C(=O)[C@@H]1CCCN1C(=O)[C@@H]1CCCN1C(=O)[C@@H]1CCCN1C(=O)[C@@H]1CCCN1C(=O)[C@@H]1CCCN1C(=O)[C@@H]1CCCN1C(=O)[C@@H]1CCCN1C(=O)[C@@H]1CCCN1C(=O)[C@@H]1CCCN1. The van der Waals surface area contributed by atoms with E-state index in [2.05, 4.69) is 10.6 Å². The number of nitrogens with zero attached hydrogens (tertiary/aromatic N) is 9. The molecule has 0 aromatic heterocycles. The first-order valence-corrected chi connectivity index (χ1v) is 30.9. The lowest BCUT2D eigenvalue weighted by Crippen LogP contribution is -2.59. The number of rotatable bonds is 14. The first-order chi connectivity index (χ1) is 40.1. The molecular weight excluding hydrogens is 1070 g/mol. The third kappa shape index (κ3) is 11.4. The summed E-state index contributed by atoms with van der Waals surface area (Å²) in [5, 5.41) is 25.5. The summed E-state index contributed by atoms with van der Waals surface area (Å²) in [6.45, 7) is 3.71. The van der Waals surface area contributed by atoms with Crippen molar-refractivity contribution in [2.75, 3.05) is 65.4 Å². The summed E-state index contributed by atoms with van der Waals surface area (Å²) >= 11 is 0. The molecule has 4 N–H and O–H groups in total. The Kier molecular flexibility index (Phi) is 17.3. The molecule has 24 nitrogen and oxygen atoms in total. The second-order valence-electron chi connectivity index (χ2n) is 24.6. The summed E-state index contributed by atoms with van der Waals surface area (Å²) in [7, 11) is 0. The Morgan fingerprint density at radius 2 is 0.651 bits per heavy atom. The van der Waals surface area contributed by atoms with E-state index in [-0.39, 0.29) is 91.6 Å². The molecule has 10 amide bonds. The van der Waals surface area contributed by atoms with Gasteiger partial charge < -0.3 is 64.9 Å². The van der Waals surface area contributed by atoms with Crippen LogP contribution in [0.5, 0.6) is 5.75 Å². The lowest BCUT2D eigenvalue weighted by Gasteiger charge is -2.37. The number of carbonyl (C=O) groups excluding carboxylic acids is 10. The average molecular weight is 1150 g/mol. The first-order valence-electron chi connectivity index (χ1n) is 30.9. The number of hydrogen-bond acceptors (Lipinski definition) is 13. The molecule has 83 heavy (non-hydrogen) atoms. The fourth-order valence-electron chi connectivity index (χ4n) is 15.6. The van der Waals surface area contributed by atoms with Gasteiger partial charge in [-0.05, 0) is 153 Å². The Bertz CT molecular complexity index is 2720. The molecule has 10 saturated heterocycles. The van der Waals surface area contributed by atoms with Gasteiger partial charge in [0.15, 0.2) is 0 Å². The Hall–Kier alpha value is -6.85. The number of phenols is 1. The van der Waals surface area contributed by atoms with Crippen LogP contribution in [0.2, 0.25) is 0 Å². The molecule has 0 saturated carbocycles. The monoisotopic (exact) mass is 1150 g/mol. The van der Waals surface area contributed by atoms with Gasteiger partial charge in [0, 0.05) is 65.3 Å². The van der Waals surface area contributed by atoms with Crippen LogP contribution in [0.1, 0.15) is 134 Å². The summed E-state index contributed by atoms with van der Waals surface area (Å²) in [5.74, 6) is -4.53.